The molecule has 1 aliphatic heterocycles. The lowest BCUT2D eigenvalue weighted by Gasteiger charge is -2.30. The SMILES string of the molecule is Cn1cc(-c2cnc3cnc(NC(=O)c4cn(C5CCN(CCF)CC5)nn4)cc3c2)cn1. The number of pyridine rings is 2. The number of hydrogen-bond acceptors (Lipinski definition) is 7. The summed E-state index contributed by atoms with van der Waals surface area (Å²) in [6.45, 7) is 1.76. The van der Waals surface area contributed by atoms with Gasteiger partial charge in [-0.15, -0.1) is 5.10 Å². The number of aromatic nitrogens is 7. The van der Waals surface area contributed by atoms with Crippen molar-refractivity contribution in [3.63, 3.8) is 0 Å². The highest BCUT2D eigenvalue weighted by atomic mass is 19.1. The number of piperidine rings is 1. The quantitative estimate of drug-likeness (QED) is 0.482. The second-order valence-corrected chi connectivity index (χ2v) is 8.19. The molecule has 0 unspecified atom stereocenters. The summed E-state index contributed by atoms with van der Waals surface area (Å²) >= 11 is 0. The van der Waals surface area contributed by atoms with E-state index in [-0.39, 0.29) is 24.3 Å². The topological polar surface area (TPSA) is 107 Å². The number of halogens is 1. The largest absolute Gasteiger partial charge is 0.305 e. The lowest BCUT2D eigenvalue weighted by atomic mass is 10.1. The van der Waals surface area contributed by atoms with E-state index in [1.807, 2.05) is 19.3 Å². The van der Waals surface area contributed by atoms with E-state index < -0.39 is 0 Å². The van der Waals surface area contributed by atoms with Crippen LogP contribution in [0, 0.1) is 0 Å². The number of likely N-dealkylation sites (tertiary alicyclic amines) is 1. The minimum atomic E-state index is -0.376. The Balaban J connectivity index is 1.28. The number of rotatable bonds is 6. The van der Waals surface area contributed by atoms with Crippen molar-refractivity contribution in [3.05, 3.63) is 48.8 Å². The molecule has 1 aliphatic rings. The summed E-state index contributed by atoms with van der Waals surface area (Å²) in [4.78, 5) is 23.6. The van der Waals surface area contributed by atoms with E-state index in [4.69, 9.17) is 0 Å². The minimum Gasteiger partial charge on any atom is -0.305 e. The van der Waals surface area contributed by atoms with Crippen LogP contribution >= 0.6 is 0 Å². The molecule has 0 spiro atoms. The molecule has 0 atom stereocenters. The van der Waals surface area contributed by atoms with E-state index in [2.05, 4.69) is 35.6 Å². The fourth-order valence-corrected chi connectivity index (χ4v) is 4.09. The van der Waals surface area contributed by atoms with Gasteiger partial charge < -0.3 is 10.2 Å². The Labute approximate surface area is 189 Å². The highest BCUT2D eigenvalue weighted by Crippen LogP contribution is 2.24. The van der Waals surface area contributed by atoms with Crippen LogP contribution in [0.3, 0.4) is 0 Å². The number of nitrogens with zero attached hydrogens (tertiary/aromatic N) is 8. The average Bonchev–Trinajstić information content (AvgIpc) is 3.49. The Morgan fingerprint density at radius 2 is 1.97 bits per heavy atom. The third-order valence-electron chi connectivity index (χ3n) is 5.92. The summed E-state index contributed by atoms with van der Waals surface area (Å²) in [6.07, 6.45) is 10.5. The van der Waals surface area contributed by atoms with E-state index >= 15 is 0 Å². The van der Waals surface area contributed by atoms with Crippen molar-refractivity contribution in [2.75, 3.05) is 31.6 Å². The molecule has 10 nitrogen and oxygen atoms in total. The zero-order valence-electron chi connectivity index (χ0n) is 18.2. The van der Waals surface area contributed by atoms with E-state index in [0.29, 0.717) is 12.4 Å². The highest BCUT2D eigenvalue weighted by molar-refractivity contribution is 6.02. The standard InChI is InChI=1S/C22H24FN9O/c1-30-13-17(11-26-30)16-8-15-9-21(25-12-19(15)24-10-16)27-22(33)20-14-32(29-28-20)18-2-5-31(6-3-18)7-4-23/h8-14,18H,2-7H2,1H3,(H,25,27,33). The average molecular weight is 449 g/mol. The molecule has 0 aliphatic carbocycles. The van der Waals surface area contributed by atoms with Crippen LogP contribution in [0.5, 0.6) is 0 Å². The van der Waals surface area contributed by atoms with Crippen molar-refractivity contribution < 1.29 is 9.18 Å². The van der Waals surface area contributed by atoms with Crippen molar-refractivity contribution in [1.29, 1.82) is 0 Å². The number of hydrogen-bond donors (Lipinski definition) is 1. The number of fused-ring (bicyclic) bond motifs is 1. The molecule has 0 aromatic carbocycles. The second kappa shape index (κ2) is 9.02. The molecule has 4 aromatic heterocycles. The molecule has 1 N–H and O–H groups in total. The van der Waals surface area contributed by atoms with Gasteiger partial charge >= 0.3 is 0 Å². The smallest absolute Gasteiger partial charge is 0.278 e. The Morgan fingerprint density at radius 3 is 2.73 bits per heavy atom. The summed E-state index contributed by atoms with van der Waals surface area (Å²) in [6, 6.07) is 3.93. The summed E-state index contributed by atoms with van der Waals surface area (Å²) in [5.74, 6) is 0.0334. The molecule has 0 bridgehead atoms. The van der Waals surface area contributed by atoms with Gasteiger partial charge in [0.1, 0.15) is 12.5 Å². The summed E-state index contributed by atoms with van der Waals surface area (Å²) in [7, 11) is 1.86. The van der Waals surface area contributed by atoms with Gasteiger partial charge in [-0.3, -0.25) is 14.5 Å². The highest BCUT2D eigenvalue weighted by Gasteiger charge is 2.22. The fourth-order valence-electron chi connectivity index (χ4n) is 4.09. The Bertz CT molecular complexity index is 1280. The van der Waals surface area contributed by atoms with E-state index in [1.54, 1.807) is 40.2 Å². The predicted molar refractivity (Wildman–Crippen MR) is 120 cm³/mol. The Morgan fingerprint density at radius 1 is 1.12 bits per heavy atom. The van der Waals surface area contributed by atoms with Crippen LogP contribution in [0.2, 0.25) is 0 Å². The lowest BCUT2D eigenvalue weighted by molar-refractivity contribution is 0.102. The van der Waals surface area contributed by atoms with Gasteiger partial charge in [-0.2, -0.15) is 5.10 Å². The lowest BCUT2D eigenvalue weighted by Crippen LogP contribution is -2.36. The van der Waals surface area contributed by atoms with Gasteiger partial charge in [0, 0.05) is 55.6 Å². The number of carbonyl (C=O) groups is 1. The molecular formula is C22H24FN9O. The molecule has 170 valence electrons. The first-order valence-corrected chi connectivity index (χ1v) is 10.9. The second-order valence-electron chi connectivity index (χ2n) is 8.19. The van der Waals surface area contributed by atoms with Gasteiger partial charge in [0.05, 0.1) is 30.1 Å². The molecular weight excluding hydrogens is 425 g/mol. The van der Waals surface area contributed by atoms with Crippen LogP contribution in [0.25, 0.3) is 22.0 Å². The molecule has 11 heteroatoms. The molecule has 33 heavy (non-hydrogen) atoms. The fraction of sp³-hybridized carbons (Fsp3) is 0.364. The van der Waals surface area contributed by atoms with Gasteiger partial charge in [0.15, 0.2) is 5.69 Å². The maximum Gasteiger partial charge on any atom is 0.278 e. The number of alkyl halides is 1. The molecule has 4 aromatic rings. The molecule has 1 amide bonds. The van der Waals surface area contributed by atoms with Crippen LogP contribution in [0.1, 0.15) is 29.4 Å². The van der Waals surface area contributed by atoms with Crippen LogP contribution < -0.4 is 5.32 Å². The van der Waals surface area contributed by atoms with Crippen molar-refractivity contribution in [2.45, 2.75) is 18.9 Å². The van der Waals surface area contributed by atoms with Crippen molar-refractivity contribution in [1.82, 2.24) is 39.6 Å². The molecule has 0 saturated carbocycles. The summed E-state index contributed by atoms with van der Waals surface area (Å²) in [5.41, 5.74) is 2.84. The Kier molecular flexibility index (Phi) is 5.78. The van der Waals surface area contributed by atoms with E-state index in [1.165, 1.54) is 0 Å². The zero-order valence-corrected chi connectivity index (χ0v) is 18.2. The minimum absolute atomic E-state index is 0.158. The van der Waals surface area contributed by atoms with Crippen molar-refractivity contribution in [3.8, 4) is 11.1 Å². The van der Waals surface area contributed by atoms with Crippen LogP contribution in [-0.2, 0) is 7.05 Å². The van der Waals surface area contributed by atoms with E-state index in [0.717, 1.165) is 48.0 Å². The zero-order chi connectivity index (χ0) is 22.8. The van der Waals surface area contributed by atoms with Crippen molar-refractivity contribution >= 4 is 22.6 Å². The molecule has 1 saturated heterocycles. The first kappa shape index (κ1) is 21.1. The Hall–Kier alpha value is -3.73. The normalized spacial score (nSPS) is 15.2. The third kappa shape index (κ3) is 4.58. The molecule has 1 fully saturated rings. The summed E-state index contributed by atoms with van der Waals surface area (Å²) < 4.78 is 16.0. The molecule has 5 heterocycles. The number of anilines is 1. The van der Waals surface area contributed by atoms with E-state index in [9.17, 15) is 9.18 Å². The number of nitrogens with one attached hydrogen (secondary N) is 1. The van der Waals surface area contributed by atoms with Gasteiger partial charge in [-0.1, -0.05) is 5.21 Å². The predicted octanol–water partition coefficient (Wildman–Crippen LogP) is 2.48. The first-order valence-electron chi connectivity index (χ1n) is 10.9. The summed E-state index contributed by atoms with van der Waals surface area (Å²) in [5, 5.41) is 16.0. The maximum absolute atomic E-state index is 12.7. The molecule has 0 radical (unpaired) electrons. The first-order chi connectivity index (χ1) is 16.1. The van der Waals surface area contributed by atoms with Gasteiger partial charge in [0.25, 0.3) is 5.91 Å². The van der Waals surface area contributed by atoms with Crippen LogP contribution in [0.4, 0.5) is 10.2 Å². The number of amides is 1. The van der Waals surface area contributed by atoms with Crippen LogP contribution in [-0.4, -0.2) is 71.9 Å². The monoisotopic (exact) mass is 449 g/mol. The van der Waals surface area contributed by atoms with Gasteiger partial charge in [0.2, 0.25) is 0 Å². The molecule has 5 rings (SSSR count). The number of carbonyl (C=O) groups excluding carboxylic acids is 1. The van der Waals surface area contributed by atoms with Crippen LogP contribution in [0.15, 0.2) is 43.1 Å². The van der Waals surface area contributed by atoms with Crippen molar-refractivity contribution in [2.24, 2.45) is 7.05 Å². The number of aryl methyl sites for hydroxylation is 1. The maximum atomic E-state index is 12.7. The third-order valence-corrected chi connectivity index (χ3v) is 5.92. The van der Waals surface area contributed by atoms with Gasteiger partial charge in [-0.25, -0.2) is 14.1 Å². The van der Waals surface area contributed by atoms with Gasteiger partial charge in [-0.05, 0) is 25.0 Å².